The Hall–Kier alpha value is -2.51. The van der Waals surface area contributed by atoms with Gasteiger partial charge in [0.25, 0.3) is 5.91 Å². The number of hydrogen-bond acceptors (Lipinski definition) is 5. The van der Waals surface area contributed by atoms with Crippen molar-refractivity contribution in [3.05, 3.63) is 65.0 Å². The van der Waals surface area contributed by atoms with Crippen LogP contribution in [0.2, 0.25) is 0 Å². The van der Waals surface area contributed by atoms with Gasteiger partial charge in [0.2, 0.25) is 0 Å². The van der Waals surface area contributed by atoms with Crippen LogP contribution in [0.1, 0.15) is 15.9 Å². The van der Waals surface area contributed by atoms with Crippen molar-refractivity contribution in [1.82, 2.24) is 4.98 Å². The normalized spacial score (nSPS) is 11.3. The van der Waals surface area contributed by atoms with Crippen molar-refractivity contribution in [3.8, 4) is 11.3 Å². The van der Waals surface area contributed by atoms with Crippen LogP contribution < -0.4 is 5.32 Å². The molecular weight excluding hydrogens is 356 g/mol. The molecule has 25 heavy (non-hydrogen) atoms. The standard InChI is InChI=1S/C18H16N2O3S2/c1-12-5-3-4-6-15(12)17(21)20-18-19-16(11-24-18)13-7-9-14(10-8-13)25(2,22)23/h3-11H,1-2H3,(H,19,20,21). The summed E-state index contributed by atoms with van der Waals surface area (Å²) in [6.07, 6.45) is 1.17. The first-order valence-corrected chi connectivity index (χ1v) is 10.2. The fourth-order valence-electron chi connectivity index (χ4n) is 2.33. The number of amides is 1. The van der Waals surface area contributed by atoms with Gasteiger partial charge in [-0.15, -0.1) is 11.3 Å². The molecule has 1 N–H and O–H groups in total. The highest BCUT2D eigenvalue weighted by Crippen LogP contribution is 2.26. The van der Waals surface area contributed by atoms with Crippen molar-refractivity contribution in [3.63, 3.8) is 0 Å². The molecule has 0 aliphatic rings. The summed E-state index contributed by atoms with van der Waals surface area (Å²) in [5.74, 6) is -0.202. The predicted molar refractivity (Wildman–Crippen MR) is 99.8 cm³/mol. The van der Waals surface area contributed by atoms with Crippen molar-refractivity contribution >= 4 is 32.2 Å². The lowest BCUT2D eigenvalue weighted by molar-refractivity contribution is 0.102. The van der Waals surface area contributed by atoms with E-state index in [1.165, 1.54) is 17.6 Å². The van der Waals surface area contributed by atoms with Gasteiger partial charge >= 0.3 is 0 Å². The number of carbonyl (C=O) groups is 1. The Balaban J connectivity index is 1.79. The lowest BCUT2D eigenvalue weighted by atomic mass is 10.1. The van der Waals surface area contributed by atoms with Crippen molar-refractivity contribution in [2.75, 3.05) is 11.6 Å². The summed E-state index contributed by atoms with van der Waals surface area (Å²) in [7, 11) is -3.22. The van der Waals surface area contributed by atoms with E-state index in [0.717, 1.165) is 11.1 Å². The second-order valence-corrected chi connectivity index (χ2v) is 8.48. The molecule has 0 saturated carbocycles. The number of nitrogens with one attached hydrogen (secondary N) is 1. The highest BCUT2D eigenvalue weighted by atomic mass is 32.2. The number of sulfone groups is 1. The smallest absolute Gasteiger partial charge is 0.257 e. The van der Waals surface area contributed by atoms with Crippen LogP contribution in [0.15, 0.2) is 58.8 Å². The minimum atomic E-state index is -3.22. The number of rotatable bonds is 4. The molecule has 0 atom stereocenters. The van der Waals surface area contributed by atoms with Crippen molar-refractivity contribution in [1.29, 1.82) is 0 Å². The lowest BCUT2D eigenvalue weighted by Gasteiger charge is -2.04. The van der Waals surface area contributed by atoms with Crippen molar-refractivity contribution in [2.45, 2.75) is 11.8 Å². The topological polar surface area (TPSA) is 76.1 Å². The Labute approximate surface area is 150 Å². The summed E-state index contributed by atoms with van der Waals surface area (Å²) in [6.45, 7) is 1.88. The minimum Gasteiger partial charge on any atom is -0.298 e. The number of anilines is 1. The van der Waals surface area contributed by atoms with Crippen molar-refractivity contribution in [2.24, 2.45) is 0 Å². The van der Waals surface area contributed by atoms with E-state index in [1.54, 1.807) is 30.3 Å². The second kappa shape index (κ2) is 6.78. The van der Waals surface area contributed by atoms with E-state index < -0.39 is 9.84 Å². The van der Waals surface area contributed by atoms with Gasteiger partial charge in [-0.05, 0) is 30.7 Å². The van der Waals surface area contributed by atoms with Gasteiger partial charge in [-0.25, -0.2) is 13.4 Å². The van der Waals surface area contributed by atoms with Gasteiger partial charge in [-0.2, -0.15) is 0 Å². The van der Waals surface area contributed by atoms with Gasteiger partial charge in [-0.3, -0.25) is 10.1 Å². The Morgan fingerprint density at radius 3 is 2.40 bits per heavy atom. The number of nitrogens with zero attached hydrogens (tertiary/aromatic N) is 1. The van der Waals surface area contributed by atoms with Crippen LogP contribution in [-0.2, 0) is 9.84 Å². The SMILES string of the molecule is Cc1ccccc1C(=O)Nc1nc(-c2ccc(S(C)(=O)=O)cc2)cs1. The third-order valence-corrected chi connectivity index (χ3v) is 5.58. The molecule has 2 aromatic carbocycles. The molecule has 0 radical (unpaired) electrons. The fraction of sp³-hybridized carbons (Fsp3) is 0.111. The second-order valence-electron chi connectivity index (χ2n) is 5.60. The molecule has 7 heteroatoms. The molecule has 0 spiro atoms. The van der Waals surface area contributed by atoms with Crippen LogP contribution in [0, 0.1) is 6.92 Å². The zero-order valence-corrected chi connectivity index (χ0v) is 15.3. The van der Waals surface area contributed by atoms with Crippen LogP contribution in [0.4, 0.5) is 5.13 Å². The van der Waals surface area contributed by atoms with Crippen LogP contribution in [0.3, 0.4) is 0 Å². The van der Waals surface area contributed by atoms with Crippen LogP contribution in [-0.4, -0.2) is 25.6 Å². The third kappa shape index (κ3) is 3.94. The summed E-state index contributed by atoms with van der Waals surface area (Å²) >= 11 is 1.32. The number of carbonyl (C=O) groups excluding carboxylic acids is 1. The molecule has 1 amide bonds. The summed E-state index contributed by atoms with van der Waals surface area (Å²) in [5, 5.41) is 5.12. The van der Waals surface area contributed by atoms with Gasteiger partial charge in [0.15, 0.2) is 15.0 Å². The molecule has 0 unspecified atom stereocenters. The summed E-state index contributed by atoms with van der Waals surface area (Å²) < 4.78 is 23.0. The van der Waals surface area contributed by atoms with E-state index in [0.29, 0.717) is 16.4 Å². The molecule has 0 fully saturated rings. The van der Waals surface area contributed by atoms with Crippen LogP contribution in [0.5, 0.6) is 0 Å². The number of thiazole rings is 1. The summed E-state index contributed by atoms with van der Waals surface area (Å²) in [6, 6.07) is 13.9. The van der Waals surface area contributed by atoms with Crippen LogP contribution in [0.25, 0.3) is 11.3 Å². The maximum Gasteiger partial charge on any atom is 0.257 e. The van der Waals surface area contributed by atoms with Gasteiger partial charge in [0, 0.05) is 22.8 Å². The van der Waals surface area contributed by atoms with Gasteiger partial charge in [-0.1, -0.05) is 30.3 Å². The number of benzene rings is 2. The van der Waals surface area contributed by atoms with Gasteiger partial charge in [0.05, 0.1) is 10.6 Å². The molecular formula is C18H16N2O3S2. The quantitative estimate of drug-likeness (QED) is 0.756. The lowest BCUT2D eigenvalue weighted by Crippen LogP contribution is -2.12. The van der Waals surface area contributed by atoms with E-state index in [4.69, 9.17) is 0 Å². The first-order chi connectivity index (χ1) is 11.8. The molecule has 3 aromatic rings. The maximum absolute atomic E-state index is 12.3. The molecule has 0 aliphatic heterocycles. The van der Waals surface area contributed by atoms with Gasteiger partial charge < -0.3 is 0 Å². The third-order valence-electron chi connectivity index (χ3n) is 3.69. The molecule has 3 rings (SSSR count). The van der Waals surface area contributed by atoms with Gasteiger partial charge in [0.1, 0.15) is 0 Å². The van der Waals surface area contributed by atoms with E-state index >= 15 is 0 Å². The molecule has 0 saturated heterocycles. The average molecular weight is 372 g/mol. The van der Waals surface area contributed by atoms with E-state index in [1.807, 2.05) is 30.5 Å². The Morgan fingerprint density at radius 2 is 1.76 bits per heavy atom. The maximum atomic E-state index is 12.3. The van der Waals surface area contributed by atoms with Crippen LogP contribution >= 0.6 is 11.3 Å². The van der Waals surface area contributed by atoms with E-state index in [2.05, 4.69) is 10.3 Å². The summed E-state index contributed by atoms with van der Waals surface area (Å²) in [5.41, 5.74) is 2.98. The fourth-order valence-corrected chi connectivity index (χ4v) is 3.67. The monoisotopic (exact) mass is 372 g/mol. The molecule has 5 nitrogen and oxygen atoms in total. The van der Waals surface area contributed by atoms with Crippen molar-refractivity contribution < 1.29 is 13.2 Å². The Kier molecular flexibility index (Phi) is 4.69. The highest BCUT2D eigenvalue weighted by molar-refractivity contribution is 7.90. The largest absolute Gasteiger partial charge is 0.298 e. The first kappa shape index (κ1) is 17.3. The molecule has 0 aliphatic carbocycles. The molecule has 1 heterocycles. The summed E-state index contributed by atoms with van der Waals surface area (Å²) in [4.78, 5) is 17.0. The number of aryl methyl sites for hydroxylation is 1. The molecule has 128 valence electrons. The zero-order chi connectivity index (χ0) is 18.0. The van der Waals surface area contributed by atoms with E-state index in [-0.39, 0.29) is 10.8 Å². The number of aromatic nitrogens is 1. The average Bonchev–Trinajstić information content (AvgIpc) is 3.03. The highest BCUT2D eigenvalue weighted by Gasteiger charge is 2.12. The Bertz CT molecular complexity index is 1020. The number of hydrogen-bond donors (Lipinski definition) is 1. The predicted octanol–water partition coefficient (Wildman–Crippen LogP) is 3.77. The Morgan fingerprint density at radius 1 is 1.08 bits per heavy atom. The van der Waals surface area contributed by atoms with E-state index in [9.17, 15) is 13.2 Å². The zero-order valence-electron chi connectivity index (χ0n) is 13.7. The molecule has 0 bridgehead atoms. The minimum absolute atomic E-state index is 0.202. The molecule has 1 aromatic heterocycles. The first-order valence-electron chi connectivity index (χ1n) is 7.47.